The van der Waals surface area contributed by atoms with Crippen molar-refractivity contribution in [3.63, 3.8) is 0 Å². The van der Waals surface area contributed by atoms with Crippen LogP contribution in [0.15, 0.2) is 42.5 Å². The number of benzene rings is 2. The van der Waals surface area contributed by atoms with Gasteiger partial charge in [-0.05, 0) is 36.8 Å². The van der Waals surface area contributed by atoms with E-state index in [4.69, 9.17) is 21.1 Å². The average molecular weight is 444 g/mol. The van der Waals surface area contributed by atoms with Crippen molar-refractivity contribution in [3.8, 4) is 11.5 Å². The second kappa shape index (κ2) is 9.58. The number of ether oxygens (including phenoxy) is 2. The standard InChI is InChI=1S/C23H26ClN3O4/c1-16(17-6-7-20-21(14-17)31-13-12-30-20)25-22(28)15-26-8-10-27(11-9-26)23(29)18-4-2-3-5-19(18)24/h2-7,14,16H,8-13,15H2,1H3,(H,25,28). The molecule has 1 saturated heterocycles. The zero-order valence-electron chi connectivity index (χ0n) is 17.5. The molecule has 2 aromatic rings. The van der Waals surface area contributed by atoms with Gasteiger partial charge in [0.05, 0.1) is 23.2 Å². The van der Waals surface area contributed by atoms with E-state index in [1.54, 1.807) is 17.0 Å². The lowest BCUT2D eigenvalue weighted by Gasteiger charge is -2.34. The topological polar surface area (TPSA) is 71.1 Å². The molecule has 0 radical (unpaired) electrons. The Kier molecular flexibility index (Phi) is 6.63. The van der Waals surface area contributed by atoms with Gasteiger partial charge in [0, 0.05) is 26.2 Å². The fraction of sp³-hybridized carbons (Fsp3) is 0.391. The molecule has 164 valence electrons. The summed E-state index contributed by atoms with van der Waals surface area (Å²) in [5.41, 5.74) is 1.48. The summed E-state index contributed by atoms with van der Waals surface area (Å²) in [4.78, 5) is 29.1. The molecule has 2 aliphatic rings. The molecule has 4 rings (SSSR count). The Balaban J connectivity index is 1.26. The molecule has 8 heteroatoms. The number of hydrogen-bond donors (Lipinski definition) is 1. The minimum Gasteiger partial charge on any atom is -0.486 e. The van der Waals surface area contributed by atoms with Crippen molar-refractivity contribution in [2.45, 2.75) is 13.0 Å². The molecule has 2 aliphatic heterocycles. The van der Waals surface area contributed by atoms with Crippen LogP contribution in [0.4, 0.5) is 0 Å². The van der Waals surface area contributed by atoms with Gasteiger partial charge in [0.25, 0.3) is 5.91 Å². The average Bonchev–Trinajstić information content (AvgIpc) is 2.79. The maximum Gasteiger partial charge on any atom is 0.255 e. The zero-order chi connectivity index (χ0) is 21.8. The quantitative estimate of drug-likeness (QED) is 0.769. The number of piperazine rings is 1. The van der Waals surface area contributed by atoms with Gasteiger partial charge in [-0.1, -0.05) is 29.8 Å². The van der Waals surface area contributed by atoms with Crippen molar-refractivity contribution in [1.82, 2.24) is 15.1 Å². The third-order valence-electron chi connectivity index (χ3n) is 5.57. The van der Waals surface area contributed by atoms with Crippen LogP contribution >= 0.6 is 11.6 Å². The van der Waals surface area contributed by atoms with Gasteiger partial charge in [0.1, 0.15) is 13.2 Å². The highest BCUT2D eigenvalue weighted by Crippen LogP contribution is 2.32. The van der Waals surface area contributed by atoms with Crippen molar-refractivity contribution < 1.29 is 19.1 Å². The molecule has 1 fully saturated rings. The molecule has 2 aromatic carbocycles. The van der Waals surface area contributed by atoms with Crippen molar-refractivity contribution >= 4 is 23.4 Å². The third kappa shape index (κ3) is 5.11. The monoisotopic (exact) mass is 443 g/mol. The summed E-state index contributed by atoms with van der Waals surface area (Å²) in [5, 5.41) is 3.50. The van der Waals surface area contributed by atoms with E-state index in [0.29, 0.717) is 62.3 Å². The first kappa shape index (κ1) is 21.5. The number of amides is 2. The van der Waals surface area contributed by atoms with E-state index < -0.39 is 0 Å². The number of hydrogen-bond acceptors (Lipinski definition) is 5. The van der Waals surface area contributed by atoms with Gasteiger partial charge in [0.2, 0.25) is 5.91 Å². The van der Waals surface area contributed by atoms with Gasteiger partial charge < -0.3 is 19.7 Å². The molecule has 2 amide bonds. The van der Waals surface area contributed by atoms with Crippen LogP contribution in [-0.4, -0.2) is 67.6 Å². The number of carbonyl (C=O) groups is 2. The molecule has 1 unspecified atom stereocenters. The van der Waals surface area contributed by atoms with Crippen molar-refractivity contribution in [1.29, 1.82) is 0 Å². The molecule has 31 heavy (non-hydrogen) atoms. The zero-order valence-corrected chi connectivity index (χ0v) is 18.2. The highest BCUT2D eigenvalue weighted by molar-refractivity contribution is 6.33. The maximum absolute atomic E-state index is 12.7. The van der Waals surface area contributed by atoms with Gasteiger partial charge in [-0.15, -0.1) is 0 Å². The molecular weight excluding hydrogens is 418 g/mol. The Morgan fingerprint density at radius 1 is 1.03 bits per heavy atom. The number of rotatable bonds is 5. The lowest BCUT2D eigenvalue weighted by Crippen LogP contribution is -2.51. The maximum atomic E-state index is 12.7. The minimum atomic E-state index is -0.147. The Morgan fingerprint density at radius 2 is 1.74 bits per heavy atom. The van der Waals surface area contributed by atoms with Crippen LogP contribution in [0.2, 0.25) is 5.02 Å². The van der Waals surface area contributed by atoms with Crippen LogP contribution in [0.5, 0.6) is 11.5 Å². The van der Waals surface area contributed by atoms with Crippen molar-refractivity contribution in [2.24, 2.45) is 0 Å². The summed E-state index contributed by atoms with van der Waals surface area (Å²) in [6.45, 7) is 5.73. The normalized spacial score (nSPS) is 17.2. The third-order valence-corrected chi connectivity index (χ3v) is 5.90. The Labute approximate surface area is 186 Å². The van der Waals surface area contributed by atoms with Crippen LogP contribution in [0.1, 0.15) is 28.9 Å². The SMILES string of the molecule is CC(NC(=O)CN1CCN(C(=O)c2ccccc2Cl)CC1)c1ccc2c(c1)OCCO2. The molecule has 2 heterocycles. The molecule has 0 saturated carbocycles. The van der Waals surface area contributed by atoms with Gasteiger partial charge in [-0.25, -0.2) is 0 Å². The van der Waals surface area contributed by atoms with E-state index in [0.717, 1.165) is 11.3 Å². The molecule has 7 nitrogen and oxygen atoms in total. The Morgan fingerprint density at radius 3 is 2.48 bits per heavy atom. The van der Waals surface area contributed by atoms with Crippen LogP contribution in [-0.2, 0) is 4.79 Å². The second-order valence-electron chi connectivity index (χ2n) is 7.74. The number of fused-ring (bicyclic) bond motifs is 1. The fourth-order valence-electron chi connectivity index (χ4n) is 3.82. The molecule has 0 spiro atoms. The number of nitrogens with zero attached hydrogens (tertiary/aromatic N) is 2. The first-order chi connectivity index (χ1) is 15.0. The summed E-state index contributed by atoms with van der Waals surface area (Å²) in [6, 6.07) is 12.7. The lowest BCUT2D eigenvalue weighted by atomic mass is 10.1. The van der Waals surface area contributed by atoms with E-state index in [2.05, 4.69) is 10.2 Å². The number of carbonyl (C=O) groups excluding carboxylic acids is 2. The van der Waals surface area contributed by atoms with Crippen molar-refractivity contribution in [2.75, 3.05) is 45.9 Å². The first-order valence-corrected chi connectivity index (χ1v) is 10.8. The first-order valence-electron chi connectivity index (χ1n) is 10.5. The van der Waals surface area contributed by atoms with E-state index >= 15 is 0 Å². The Bertz CT molecular complexity index is 960. The predicted molar refractivity (Wildman–Crippen MR) is 118 cm³/mol. The van der Waals surface area contributed by atoms with E-state index in [1.165, 1.54) is 0 Å². The molecule has 1 atom stereocenters. The summed E-state index contributed by atoms with van der Waals surface area (Å²) >= 11 is 6.15. The highest BCUT2D eigenvalue weighted by atomic mass is 35.5. The fourth-order valence-corrected chi connectivity index (χ4v) is 4.03. The smallest absolute Gasteiger partial charge is 0.255 e. The molecule has 0 aromatic heterocycles. The van der Waals surface area contributed by atoms with Crippen LogP contribution in [0.3, 0.4) is 0 Å². The van der Waals surface area contributed by atoms with E-state index in [-0.39, 0.29) is 17.9 Å². The van der Waals surface area contributed by atoms with Gasteiger partial charge in [0.15, 0.2) is 11.5 Å². The molecular formula is C23H26ClN3O4. The molecule has 0 bridgehead atoms. The summed E-state index contributed by atoms with van der Waals surface area (Å²) in [6.07, 6.45) is 0. The van der Waals surface area contributed by atoms with Gasteiger partial charge >= 0.3 is 0 Å². The summed E-state index contributed by atoms with van der Waals surface area (Å²) < 4.78 is 11.2. The molecule has 1 N–H and O–H groups in total. The Hall–Kier alpha value is -2.77. The van der Waals surface area contributed by atoms with Crippen molar-refractivity contribution in [3.05, 3.63) is 58.6 Å². The van der Waals surface area contributed by atoms with Gasteiger partial charge in [-0.3, -0.25) is 14.5 Å². The van der Waals surface area contributed by atoms with E-state index in [1.807, 2.05) is 37.3 Å². The summed E-state index contributed by atoms with van der Waals surface area (Å²) in [5.74, 6) is 1.33. The largest absolute Gasteiger partial charge is 0.486 e. The van der Waals surface area contributed by atoms with Crippen LogP contribution in [0.25, 0.3) is 0 Å². The number of nitrogens with one attached hydrogen (secondary N) is 1. The molecule has 0 aliphatic carbocycles. The van der Waals surface area contributed by atoms with Gasteiger partial charge in [-0.2, -0.15) is 0 Å². The second-order valence-corrected chi connectivity index (χ2v) is 8.15. The summed E-state index contributed by atoms with van der Waals surface area (Å²) in [7, 11) is 0. The lowest BCUT2D eigenvalue weighted by molar-refractivity contribution is -0.123. The van der Waals surface area contributed by atoms with Crippen LogP contribution in [0, 0.1) is 0 Å². The van der Waals surface area contributed by atoms with E-state index in [9.17, 15) is 9.59 Å². The highest BCUT2D eigenvalue weighted by Gasteiger charge is 2.25. The van der Waals surface area contributed by atoms with Crippen LogP contribution < -0.4 is 14.8 Å². The predicted octanol–water partition coefficient (Wildman–Crippen LogP) is 2.75. The minimum absolute atomic E-state index is 0.0479. The number of halogens is 1.